The molecule has 0 amide bonds. The molecule has 3 rings (SSSR count). The van der Waals surface area contributed by atoms with Crippen LogP contribution in [0.1, 0.15) is 32.0 Å². The Kier molecular flexibility index (Phi) is 3.79. The van der Waals surface area contributed by atoms with Crippen LogP contribution in [0, 0.1) is 5.92 Å². The van der Waals surface area contributed by atoms with Crippen molar-refractivity contribution in [3.63, 3.8) is 0 Å². The first-order valence-corrected chi connectivity index (χ1v) is 7.32. The quantitative estimate of drug-likeness (QED) is 0.925. The van der Waals surface area contributed by atoms with E-state index in [4.69, 9.17) is 9.63 Å². The summed E-state index contributed by atoms with van der Waals surface area (Å²) in [6.07, 6.45) is 2.32. The highest BCUT2D eigenvalue weighted by molar-refractivity contribution is 5.72. The van der Waals surface area contributed by atoms with Crippen LogP contribution in [-0.2, 0) is 4.79 Å². The molecule has 1 atom stereocenters. The van der Waals surface area contributed by atoms with Crippen LogP contribution in [0.2, 0.25) is 0 Å². The van der Waals surface area contributed by atoms with Gasteiger partial charge < -0.3 is 14.5 Å². The van der Waals surface area contributed by atoms with E-state index in [1.54, 1.807) is 6.20 Å². The lowest BCUT2D eigenvalue weighted by Crippen LogP contribution is -2.23. The minimum Gasteiger partial charge on any atom is -0.481 e. The summed E-state index contributed by atoms with van der Waals surface area (Å²) in [6, 6.07) is 3.67. The average Bonchev–Trinajstić information content (AvgIpc) is 3.17. The Bertz CT molecular complexity index is 683. The molecular weight excluding hydrogens is 284 g/mol. The number of nitrogens with zero attached hydrogens (tertiary/aromatic N) is 4. The molecule has 0 aromatic carbocycles. The minimum absolute atomic E-state index is 0.203. The highest BCUT2D eigenvalue weighted by Gasteiger charge is 2.29. The summed E-state index contributed by atoms with van der Waals surface area (Å²) in [4.78, 5) is 21.7. The zero-order chi connectivity index (χ0) is 15.7. The fourth-order valence-corrected chi connectivity index (χ4v) is 2.48. The summed E-state index contributed by atoms with van der Waals surface area (Å²) in [7, 11) is 0. The van der Waals surface area contributed by atoms with Crippen LogP contribution in [0.25, 0.3) is 11.5 Å². The van der Waals surface area contributed by atoms with Crippen molar-refractivity contribution in [3.05, 3.63) is 24.2 Å². The molecule has 7 heteroatoms. The Balaban J connectivity index is 1.82. The summed E-state index contributed by atoms with van der Waals surface area (Å²) in [5, 5.41) is 13.0. The molecule has 116 valence electrons. The van der Waals surface area contributed by atoms with Crippen LogP contribution in [-0.4, -0.2) is 39.3 Å². The Morgan fingerprint density at radius 1 is 1.50 bits per heavy atom. The number of aliphatic carboxylic acids is 1. The van der Waals surface area contributed by atoms with Gasteiger partial charge in [0.2, 0.25) is 0 Å². The van der Waals surface area contributed by atoms with Crippen LogP contribution in [0.4, 0.5) is 5.82 Å². The van der Waals surface area contributed by atoms with E-state index in [1.807, 2.05) is 30.9 Å². The summed E-state index contributed by atoms with van der Waals surface area (Å²) in [5.41, 5.74) is 0.795. The van der Waals surface area contributed by atoms with Crippen molar-refractivity contribution >= 4 is 11.8 Å². The number of carboxylic acid groups (broad SMARTS) is 1. The van der Waals surface area contributed by atoms with E-state index in [0.29, 0.717) is 31.2 Å². The Morgan fingerprint density at radius 2 is 2.32 bits per heavy atom. The molecule has 2 aromatic heterocycles. The van der Waals surface area contributed by atoms with Gasteiger partial charge in [-0.05, 0) is 18.6 Å². The number of carboxylic acids is 1. The molecule has 0 saturated carbocycles. The molecule has 1 saturated heterocycles. The zero-order valence-corrected chi connectivity index (χ0v) is 12.6. The molecule has 7 nitrogen and oxygen atoms in total. The average molecular weight is 302 g/mol. The number of carbonyl (C=O) groups is 1. The third-order valence-corrected chi connectivity index (χ3v) is 3.81. The first kappa shape index (κ1) is 14.5. The first-order chi connectivity index (χ1) is 10.5. The molecule has 0 spiro atoms. The molecule has 2 aromatic rings. The van der Waals surface area contributed by atoms with Gasteiger partial charge in [-0.15, -0.1) is 0 Å². The molecular formula is C15H18N4O3. The van der Waals surface area contributed by atoms with Gasteiger partial charge >= 0.3 is 5.97 Å². The van der Waals surface area contributed by atoms with Crippen molar-refractivity contribution in [1.29, 1.82) is 0 Å². The normalized spacial score (nSPS) is 18.1. The predicted octanol–water partition coefficient (Wildman–Crippen LogP) is 2.17. The summed E-state index contributed by atoms with van der Waals surface area (Å²) in [5.74, 6) is 0.986. The van der Waals surface area contributed by atoms with Gasteiger partial charge in [0.1, 0.15) is 5.82 Å². The molecule has 0 bridgehead atoms. The highest BCUT2D eigenvalue weighted by Crippen LogP contribution is 2.26. The fraction of sp³-hybridized carbons (Fsp3) is 0.467. The summed E-state index contributed by atoms with van der Waals surface area (Å²) in [6.45, 7) is 5.17. The Hall–Kier alpha value is -2.44. The fourth-order valence-electron chi connectivity index (χ4n) is 2.48. The number of hydrogen-bond acceptors (Lipinski definition) is 6. The molecule has 1 fully saturated rings. The minimum atomic E-state index is -0.753. The number of rotatable bonds is 4. The molecule has 1 unspecified atom stereocenters. The van der Waals surface area contributed by atoms with Crippen molar-refractivity contribution in [1.82, 2.24) is 15.1 Å². The number of aromatic nitrogens is 3. The number of anilines is 1. The number of pyridine rings is 1. The van der Waals surface area contributed by atoms with E-state index >= 15 is 0 Å². The van der Waals surface area contributed by atoms with E-state index in [-0.39, 0.29) is 11.8 Å². The van der Waals surface area contributed by atoms with E-state index in [0.717, 1.165) is 11.4 Å². The van der Waals surface area contributed by atoms with Crippen molar-refractivity contribution in [2.45, 2.75) is 26.2 Å². The number of hydrogen-bond donors (Lipinski definition) is 1. The maximum absolute atomic E-state index is 11.1. The van der Waals surface area contributed by atoms with Crippen LogP contribution >= 0.6 is 0 Å². The Morgan fingerprint density at radius 3 is 2.95 bits per heavy atom. The van der Waals surface area contributed by atoms with Crippen LogP contribution in [0.5, 0.6) is 0 Å². The van der Waals surface area contributed by atoms with Crippen LogP contribution < -0.4 is 4.90 Å². The lowest BCUT2D eigenvalue weighted by atomic mass is 10.1. The largest absolute Gasteiger partial charge is 0.481 e. The van der Waals surface area contributed by atoms with Gasteiger partial charge in [0.25, 0.3) is 5.89 Å². The lowest BCUT2D eigenvalue weighted by molar-refractivity contribution is -0.140. The topological polar surface area (TPSA) is 92.4 Å². The predicted molar refractivity (Wildman–Crippen MR) is 79.6 cm³/mol. The van der Waals surface area contributed by atoms with Crippen molar-refractivity contribution < 1.29 is 14.4 Å². The van der Waals surface area contributed by atoms with E-state index in [1.165, 1.54) is 0 Å². The third kappa shape index (κ3) is 2.79. The lowest BCUT2D eigenvalue weighted by Gasteiger charge is -2.16. The maximum atomic E-state index is 11.1. The maximum Gasteiger partial charge on any atom is 0.308 e. The van der Waals surface area contributed by atoms with Gasteiger partial charge in [0.15, 0.2) is 5.82 Å². The highest BCUT2D eigenvalue weighted by atomic mass is 16.5. The standard InChI is InChI=1S/C15H18N4O3/c1-9(2)13-17-14(22-18-13)10-3-5-16-12(7-10)19-6-4-11(8-19)15(20)21/h3,5,7,9,11H,4,6,8H2,1-2H3,(H,20,21). The van der Waals surface area contributed by atoms with Crippen LogP contribution in [0.3, 0.4) is 0 Å². The molecule has 22 heavy (non-hydrogen) atoms. The van der Waals surface area contributed by atoms with Gasteiger partial charge in [-0.3, -0.25) is 4.79 Å². The first-order valence-electron chi connectivity index (χ1n) is 7.32. The molecule has 0 aliphatic carbocycles. The Labute approximate surface area is 128 Å². The molecule has 1 aliphatic rings. The smallest absolute Gasteiger partial charge is 0.308 e. The second-order valence-corrected chi connectivity index (χ2v) is 5.78. The van der Waals surface area contributed by atoms with Crippen molar-refractivity contribution in [2.75, 3.05) is 18.0 Å². The van der Waals surface area contributed by atoms with Crippen molar-refractivity contribution in [2.24, 2.45) is 5.92 Å². The third-order valence-electron chi connectivity index (χ3n) is 3.81. The monoisotopic (exact) mass is 302 g/mol. The molecule has 0 radical (unpaired) electrons. The SMILES string of the molecule is CC(C)c1noc(-c2ccnc(N3CCC(C(=O)O)C3)c2)n1. The van der Waals surface area contributed by atoms with Crippen LogP contribution in [0.15, 0.2) is 22.9 Å². The van der Waals surface area contributed by atoms with Crippen molar-refractivity contribution in [3.8, 4) is 11.5 Å². The molecule has 3 heterocycles. The van der Waals surface area contributed by atoms with E-state index in [2.05, 4.69) is 15.1 Å². The second-order valence-electron chi connectivity index (χ2n) is 5.78. The van der Waals surface area contributed by atoms with E-state index < -0.39 is 5.97 Å². The van der Waals surface area contributed by atoms with Gasteiger partial charge in [0.05, 0.1) is 5.92 Å². The van der Waals surface area contributed by atoms with Gasteiger partial charge in [0, 0.05) is 30.8 Å². The van der Waals surface area contributed by atoms with Gasteiger partial charge in [-0.2, -0.15) is 4.98 Å². The molecule has 1 N–H and O–H groups in total. The molecule has 1 aliphatic heterocycles. The second kappa shape index (κ2) is 5.75. The zero-order valence-electron chi connectivity index (χ0n) is 12.6. The summed E-state index contributed by atoms with van der Waals surface area (Å²) >= 11 is 0. The van der Waals surface area contributed by atoms with E-state index in [9.17, 15) is 4.79 Å². The van der Waals surface area contributed by atoms with Gasteiger partial charge in [-0.1, -0.05) is 19.0 Å². The van der Waals surface area contributed by atoms with Gasteiger partial charge in [-0.25, -0.2) is 4.98 Å². The summed E-state index contributed by atoms with van der Waals surface area (Å²) < 4.78 is 5.29.